The monoisotopic (exact) mass is 413 g/mol. The van der Waals surface area contributed by atoms with E-state index in [1.165, 1.54) is 24.3 Å². The van der Waals surface area contributed by atoms with Gasteiger partial charge < -0.3 is 16.0 Å². The van der Waals surface area contributed by atoms with Crippen molar-refractivity contribution >= 4 is 45.9 Å². The van der Waals surface area contributed by atoms with Crippen LogP contribution in [0.2, 0.25) is 0 Å². The van der Waals surface area contributed by atoms with Crippen LogP contribution in [0, 0.1) is 9.39 Å². The number of anilines is 2. The Morgan fingerprint density at radius 1 is 0.909 bits per heavy atom. The van der Waals surface area contributed by atoms with E-state index in [1.807, 2.05) is 12.1 Å². The number of halogens is 2. The fourth-order valence-corrected chi connectivity index (χ4v) is 1.97. The molecule has 0 aliphatic rings. The summed E-state index contributed by atoms with van der Waals surface area (Å²) in [6, 6.07) is 12.1. The Hall–Kier alpha value is -2.16. The van der Waals surface area contributed by atoms with Crippen molar-refractivity contribution in [2.75, 3.05) is 17.2 Å². The summed E-state index contributed by atoms with van der Waals surface area (Å²) >= 11 is 2.16. The second-order valence-electron chi connectivity index (χ2n) is 4.37. The van der Waals surface area contributed by atoms with Gasteiger partial charge in [0.1, 0.15) is 5.82 Å². The van der Waals surface area contributed by atoms with Crippen molar-refractivity contribution < 1.29 is 14.0 Å². The Morgan fingerprint density at radius 3 is 2.09 bits per heavy atom. The Labute approximate surface area is 140 Å². The Morgan fingerprint density at radius 2 is 1.45 bits per heavy atom. The average Bonchev–Trinajstić information content (AvgIpc) is 2.50. The molecule has 2 rings (SSSR count). The van der Waals surface area contributed by atoms with Gasteiger partial charge in [-0.1, -0.05) is 0 Å². The number of carbonyl (C=O) groups is 2. The van der Waals surface area contributed by atoms with Crippen molar-refractivity contribution in [2.45, 2.75) is 0 Å². The normalized spacial score (nSPS) is 9.91. The van der Waals surface area contributed by atoms with E-state index in [0.29, 0.717) is 11.4 Å². The van der Waals surface area contributed by atoms with Crippen LogP contribution in [0.4, 0.5) is 20.6 Å². The number of urea groups is 1. The van der Waals surface area contributed by atoms with Crippen molar-refractivity contribution in [2.24, 2.45) is 0 Å². The summed E-state index contributed by atoms with van der Waals surface area (Å²) in [6.45, 7) is -0.187. The van der Waals surface area contributed by atoms with Crippen LogP contribution in [0.5, 0.6) is 0 Å². The summed E-state index contributed by atoms with van der Waals surface area (Å²) in [4.78, 5) is 23.3. The van der Waals surface area contributed by atoms with Gasteiger partial charge in [-0.3, -0.25) is 4.79 Å². The lowest BCUT2D eigenvalue weighted by molar-refractivity contribution is -0.115. The van der Waals surface area contributed by atoms with Gasteiger partial charge in [0, 0.05) is 14.9 Å². The van der Waals surface area contributed by atoms with Gasteiger partial charge in [0.2, 0.25) is 5.91 Å². The molecule has 0 fully saturated rings. The van der Waals surface area contributed by atoms with Crippen LogP contribution in [0.15, 0.2) is 48.5 Å². The molecular formula is C15H13FIN3O2. The van der Waals surface area contributed by atoms with Crippen LogP contribution in [-0.2, 0) is 4.79 Å². The van der Waals surface area contributed by atoms with Crippen molar-refractivity contribution in [1.29, 1.82) is 0 Å². The minimum atomic E-state index is -0.476. The van der Waals surface area contributed by atoms with Crippen LogP contribution in [0.1, 0.15) is 0 Å². The molecule has 7 heteroatoms. The molecule has 0 saturated heterocycles. The topological polar surface area (TPSA) is 70.2 Å². The number of amides is 3. The fraction of sp³-hybridized carbons (Fsp3) is 0.0667. The van der Waals surface area contributed by atoms with E-state index in [4.69, 9.17) is 0 Å². The number of nitrogens with one attached hydrogen (secondary N) is 3. The second-order valence-corrected chi connectivity index (χ2v) is 5.62. The minimum Gasteiger partial charge on any atom is -0.329 e. The molecule has 0 aliphatic carbocycles. The van der Waals surface area contributed by atoms with E-state index >= 15 is 0 Å². The maximum atomic E-state index is 12.7. The van der Waals surface area contributed by atoms with Crippen molar-refractivity contribution in [3.05, 3.63) is 57.9 Å². The number of rotatable bonds is 4. The smallest absolute Gasteiger partial charge is 0.319 e. The molecule has 0 radical (unpaired) electrons. The molecule has 3 amide bonds. The number of hydrogen-bond acceptors (Lipinski definition) is 2. The molecule has 0 atom stereocenters. The molecule has 0 spiro atoms. The van der Waals surface area contributed by atoms with Crippen molar-refractivity contribution in [3.8, 4) is 0 Å². The molecule has 2 aromatic carbocycles. The quantitative estimate of drug-likeness (QED) is 0.674. The van der Waals surface area contributed by atoms with E-state index in [0.717, 1.165) is 3.57 Å². The molecule has 0 saturated carbocycles. The first-order valence-electron chi connectivity index (χ1n) is 6.39. The first-order chi connectivity index (χ1) is 10.5. The lowest BCUT2D eigenvalue weighted by atomic mass is 10.3. The number of carbonyl (C=O) groups excluding carboxylic acids is 2. The molecule has 3 N–H and O–H groups in total. The van der Waals surface area contributed by atoms with Crippen LogP contribution in [-0.4, -0.2) is 18.5 Å². The number of benzene rings is 2. The molecule has 114 valence electrons. The second kappa shape index (κ2) is 7.74. The van der Waals surface area contributed by atoms with Crippen molar-refractivity contribution in [3.63, 3.8) is 0 Å². The average molecular weight is 413 g/mol. The van der Waals surface area contributed by atoms with E-state index in [2.05, 4.69) is 38.5 Å². The van der Waals surface area contributed by atoms with Gasteiger partial charge in [-0.2, -0.15) is 0 Å². The van der Waals surface area contributed by atoms with Gasteiger partial charge in [0.25, 0.3) is 0 Å². The Balaban J connectivity index is 1.76. The van der Waals surface area contributed by atoms with E-state index in [1.54, 1.807) is 12.1 Å². The molecule has 22 heavy (non-hydrogen) atoms. The molecule has 0 aliphatic heterocycles. The summed E-state index contributed by atoms with van der Waals surface area (Å²) in [5, 5.41) is 7.60. The fourth-order valence-electron chi connectivity index (χ4n) is 1.61. The van der Waals surface area contributed by atoms with Gasteiger partial charge in [-0.05, 0) is 71.1 Å². The first-order valence-corrected chi connectivity index (χ1v) is 7.46. The molecule has 0 aromatic heterocycles. The van der Waals surface area contributed by atoms with Crippen LogP contribution < -0.4 is 16.0 Å². The SMILES string of the molecule is O=C(CNC(=O)Nc1ccc(I)cc1)Nc1ccc(F)cc1. The highest BCUT2D eigenvalue weighted by Crippen LogP contribution is 2.11. The Bertz CT molecular complexity index is 600. The molecule has 0 heterocycles. The Kier molecular flexibility index (Phi) is 5.70. The van der Waals surface area contributed by atoms with E-state index in [-0.39, 0.29) is 12.4 Å². The maximum absolute atomic E-state index is 12.7. The third kappa shape index (κ3) is 5.32. The minimum absolute atomic E-state index is 0.187. The highest BCUT2D eigenvalue weighted by atomic mass is 127. The summed E-state index contributed by atoms with van der Waals surface area (Å²) in [5.41, 5.74) is 1.10. The summed E-state index contributed by atoms with van der Waals surface area (Å²) < 4.78 is 13.8. The van der Waals surface area contributed by atoms with E-state index < -0.39 is 11.9 Å². The third-order valence-corrected chi connectivity index (χ3v) is 3.36. The van der Waals surface area contributed by atoms with E-state index in [9.17, 15) is 14.0 Å². The molecular weight excluding hydrogens is 400 g/mol. The zero-order valence-corrected chi connectivity index (χ0v) is 13.6. The summed E-state index contributed by atoms with van der Waals surface area (Å²) in [5.74, 6) is -0.780. The summed E-state index contributed by atoms with van der Waals surface area (Å²) in [6.07, 6.45) is 0. The first kappa shape index (κ1) is 16.2. The van der Waals surface area contributed by atoms with Gasteiger partial charge in [-0.15, -0.1) is 0 Å². The largest absolute Gasteiger partial charge is 0.329 e. The third-order valence-electron chi connectivity index (χ3n) is 2.64. The van der Waals surface area contributed by atoms with Crippen LogP contribution in [0.25, 0.3) is 0 Å². The molecule has 0 unspecified atom stereocenters. The van der Waals surface area contributed by atoms with Crippen molar-refractivity contribution in [1.82, 2.24) is 5.32 Å². The predicted octanol–water partition coefficient (Wildman–Crippen LogP) is 3.19. The molecule has 0 bridgehead atoms. The standard InChI is InChI=1S/C15H13FIN3O2/c16-10-1-5-12(6-2-10)19-14(21)9-18-15(22)20-13-7-3-11(17)4-8-13/h1-8H,9H2,(H,19,21)(H2,18,20,22). The number of hydrogen-bond donors (Lipinski definition) is 3. The van der Waals surface area contributed by atoms with Gasteiger partial charge in [-0.25, -0.2) is 9.18 Å². The van der Waals surface area contributed by atoms with Gasteiger partial charge >= 0.3 is 6.03 Å². The zero-order chi connectivity index (χ0) is 15.9. The van der Waals surface area contributed by atoms with Gasteiger partial charge in [0.05, 0.1) is 6.54 Å². The van der Waals surface area contributed by atoms with Crippen LogP contribution in [0.3, 0.4) is 0 Å². The molecule has 5 nitrogen and oxygen atoms in total. The predicted molar refractivity (Wildman–Crippen MR) is 91.2 cm³/mol. The lowest BCUT2D eigenvalue weighted by Gasteiger charge is -2.08. The highest BCUT2D eigenvalue weighted by Gasteiger charge is 2.06. The van der Waals surface area contributed by atoms with Crippen LogP contribution >= 0.6 is 22.6 Å². The van der Waals surface area contributed by atoms with Gasteiger partial charge in [0.15, 0.2) is 0 Å². The highest BCUT2D eigenvalue weighted by molar-refractivity contribution is 14.1. The maximum Gasteiger partial charge on any atom is 0.319 e. The molecule has 2 aromatic rings. The summed E-state index contributed by atoms with van der Waals surface area (Å²) in [7, 11) is 0. The lowest BCUT2D eigenvalue weighted by Crippen LogP contribution is -2.35. The zero-order valence-electron chi connectivity index (χ0n) is 11.4.